The van der Waals surface area contributed by atoms with Crippen LogP contribution < -0.4 is 4.90 Å². The molecule has 1 aliphatic rings. The highest BCUT2D eigenvalue weighted by molar-refractivity contribution is 5.96. The Bertz CT molecular complexity index is 2370. The quantitative estimate of drug-likeness (QED) is 0.112. The van der Waals surface area contributed by atoms with Gasteiger partial charge in [0.1, 0.15) is 0 Å². The molecule has 0 aromatic heterocycles. The minimum atomic E-state index is 0.0324. The van der Waals surface area contributed by atoms with Crippen molar-refractivity contribution in [3.8, 4) is 17.2 Å². The third-order valence-electron chi connectivity index (χ3n) is 9.71. The SMILES string of the molecule is C=C1/C=C\CCN(c2cccc(C(=Cc3cccc(C#N)c3)c3ccccc3)c2)c2ccc(C(/C=C\C=C/C)c3ccccc3)c(-c3ccccc3)c21. The highest BCUT2D eigenvalue weighted by Crippen LogP contribution is 2.46. The normalized spacial score (nSPS) is 14.4. The standard InChI is InChI=1S/C51H42N2/c1-3-4-8-30-46(41-22-9-5-10-23-41)47-31-32-49-50(51(47)43-26-13-7-14-27-43)38(2)19-15-16-33-53(49)45-29-18-28-44(36-45)48(42-24-11-6-12-25-42)35-39-20-17-21-40(34-39)37-52/h3-15,17-32,34-36,46H,2,16,33H2,1H3/b4-3-,19-15-,30-8-,48-35?. The molecular formula is C51H42N2. The zero-order chi connectivity index (χ0) is 36.4. The molecular weight excluding hydrogens is 641 g/mol. The third kappa shape index (κ3) is 7.81. The van der Waals surface area contributed by atoms with Crippen LogP contribution in [0.3, 0.4) is 0 Å². The molecule has 53 heavy (non-hydrogen) atoms. The van der Waals surface area contributed by atoms with Crippen molar-refractivity contribution >= 4 is 28.6 Å². The van der Waals surface area contributed by atoms with Gasteiger partial charge in [0, 0.05) is 29.4 Å². The van der Waals surface area contributed by atoms with Crippen LogP contribution >= 0.6 is 0 Å². The summed E-state index contributed by atoms with van der Waals surface area (Å²) in [6.45, 7) is 7.55. The predicted octanol–water partition coefficient (Wildman–Crippen LogP) is 13.2. The third-order valence-corrected chi connectivity index (χ3v) is 9.71. The van der Waals surface area contributed by atoms with E-state index in [1.54, 1.807) is 0 Å². The Morgan fingerprint density at radius 2 is 1.45 bits per heavy atom. The number of hydrogen-bond acceptors (Lipinski definition) is 2. The molecule has 1 aliphatic heterocycles. The highest BCUT2D eigenvalue weighted by Gasteiger charge is 2.26. The second kappa shape index (κ2) is 16.6. The molecule has 0 bridgehead atoms. The summed E-state index contributed by atoms with van der Waals surface area (Å²) in [4.78, 5) is 2.45. The summed E-state index contributed by atoms with van der Waals surface area (Å²) in [7, 11) is 0. The monoisotopic (exact) mass is 682 g/mol. The zero-order valence-electron chi connectivity index (χ0n) is 30.1. The van der Waals surface area contributed by atoms with Gasteiger partial charge in [-0.2, -0.15) is 5.26 Å². The lowest BCUT2D eigenvalue weighted by atomic mass is 9.80. The summed E-state index contributed by atoms with van der Waals surface area (Å²) >= 11 is 0. The van der Waals surface area contributed by atoms with Gasteiger partial charge in [-0.1, -0.05) is 164 Å². The maximum atomic E-state index is 9.61. The van der Waals surface area contributed by atoms with E-state index in [4.69, 9.17) is 6.58 Å². The van der Waals surface area contributed by atoms with E-state index in [-0.39, 0.29) is 5.92 Å². The van der Waals surface area contributed by atoms with Crippen molar-refractivity contribution in [3.63, 3.8) is 0 Å². The van der Waals surface area contributed by atoms with Gasteiger partial charge in [-0.05, 0) is 99.8 Å². The molecule has 256 valence electrons. The molecule has 0 amide bonds. The molecule has 6 aromatic rings. The molecule has 2 nitrogen and oxygen atoms in total. The van der Waals surface area contributed by atoms with Gasteiger partial charge in [-0.3, -0.25) is 0 Å². The van der Waals surface area contributed by atoms with Gasteiger partial charge in [0.05, 0.1) is 11.6 Å². The van der Waals surface area contributed by atoms with Crippen molar-refractivity contribution in [2.75, 3.05) is 11.4 Å². The Hall–Kier alpha value is -6.69. The van der Waals surface area contributed by atoms with E-state index in [2.05, 4.69) is 181 Å². The van der Waals surface area contributed by atoms with Gasteiger partial charge < -0.3 is 4.90 Å². The molecule has 6 aromatic carbocycles. The van der Waals surface area contributed by atoms with Gasteiger partial charge in [0.25, 0.3) is 0 Å². The largest absolute Gasteiger partial charge is 0.341 e. The number of nitrogens with zero attached hydrogens (tertiary/aromatic N) is 2. The summed E-state index contributed by atoms with van der Waals surface area (Å²) < 4.78 is 0. The van der Waals surface area contributed by atoms with Gasteiger partial charge in [-0.15, -0.1) is 0 Å². The molecule has 0 aliphatic carbocycles. The molecule has 0 saturated heterocycles. The molecule has 1 heterocycles. The fourth-order valence-corrected chi connectivity index (χ4v) is 7.23. The van der Waals surface area contributed by atoms with Crippen LogP contribution in [0.4, 0.5) is 11.4 Å². The zero-order valence-corrected chi connectivity index (χ0v) is 30.1. The Morgan fingerprint density at radius 1 is 0.736 bits per heavy atom. The summed E-state index contributed by atoms with van der Waals surface area (Å²) in [6, 6.07) is 55.6. The van der Waals surface area contributed by atoms with E-state index >= 15 is 0 Å². The van der Waals surface area contributed by atoms with Crippen molar-refractivity contribution in [1.29, 1.82) is 5.26 Å². The number of allylic oxidation sites excluding steroid dienone is 6. The summed E-state index contributed by atoms with van der Waals surface area (Å²) in [5.41, 5.74) is 14.2. The lowest BCUT2D eigenvalue weighted by molar-refractivity contribution is 0.932. The van der Waals surface area contributed by atoms with Crippen molar-refractivity contribution < 1.29 is 0 Å². The first-order valence-corrected chi connectivity index (χ1v) is 18.2. The number of nitriles is 1. The second-order valence-electron chi connectivity index (χ2n) is 13.2. The minimum Gasteiger partial charge on any atom is -0.341 e. The van der Waals surface area contributed by atoms with E-state index in [1.165, 1.54) is 16.7 Å². The van der Waals surface area contributed by atoms with Crippen molar-refractivity contribution in [3.05, 3.63) is 234 Å². The van der Waals surface area contributed by atoms with Crippen LogP contribution in [0.2, 0.25) is 0 Å². The molecule has 2 heteroatoms. The van der Waals surface area contributed by atoms with Gasteiger partial charge >= 0.3 is 0 Å². The summed E-state index contributed by atoms with van der Waals surface area (Å²) in [5, 5.41) is 9.61. The van der Waals surface area contributed by atoms with Crippen LogP contribution in [0.15, 0.2) is 195 Å². The van der Waals surface area contributed by atoms with Gasteiger partial charge in [0.15, 0.2) is 0 Å². The van der Waals surface area contributed by atoms with Crippen molar-refractivity contribution in [1.82, 2.24) is 0 Å². The number of rotatable bonds is 9. The summed E-state index contributed by atoms with van der Waals surface area (Å²) in [5.74, 6) is 0.0324. The van der Waals surface area contributed by atoms with Crippen LogP contribution in [0.5, 0.6) is 0 Å². The van der Waals surface area contributed by atoms with Crippen LogP contribution in [-0.2, 0) is 0 Å². The Kier molecular flexibility index (Phi) is 10.9. The number of anilines is 2. The first-order chi connectivity index (χ1) is 26.1. The van der Waals surface area contributed by atoms with Crippen LogP contribution in [0.25, 0.3) is 28.3 Å². The first kappa shape index (κ1) is 34.7. The fraction of sp³-hybridized carbons (Fsp3) is 0.0784. The average Bonchev–Trinajstić information content (AvgIpc) is 3.21. The van der Waals surface area contributed by atoms with Gasteiger partial charge in [0.2, 0.25) is 0 Å². The maximum Gasteiger partial charge on any atom is 0.0991 e. The number of hydrogen-bond donors (Lipinski definition) is 0. The Balaban J connectivity index is 1.43. The minimum absolute atomic E-state index is 0.0324. The Labute approximate surface area is 314 Å². The molecule has 0 fully saturated rings. The van der Waals surface area contributed by atoms with E-state index in [0.717, 1.165) is 63.3 Å². The van der Waals surface area contributed by atoms with Crippen LogP contribution in [0.1, 0.15) is 58.2 Å². The lowest BCUT2D eigenvalue weighted by Crippen LogP contribution is -2.21. The van der Waals surface area contributed by atoms with Gasteiger partial charge in [-0.25, -0.2) is 0 Å². The van der Waals surface area contributed by atoms with E-state index in [1.807, 2.05) is 31.2 Å². The predicted molar refractivity (Wildman–Crippen MR) is 225 cm³/mol. The van der Waals surface area contributed by atoms with Crippen molar-refractivity contribution in [2.45, 2.75) is 19.3 Å². The maximum absolute atomic E-state index is 9.61. The molecule has 1 atom stereocenters. The fourth-order valence-electron chi connectivity index (χ4n) is 7.23. The topological polar surface area (TPSA) is 27.0 Å². The first-order valence-electron chi connectivity index (χ1n) is 18.2. The molecule has 0 saturated carbocycles. The lowest BCUT2D eigenvalue weighted by Gasteiger charge is -2.32. The van der Waals surface area contributed by atoms with E-state index in [0.29, 0.717) is 5.56 Å². The van der Waals surface area contributed by atoms with E-state index < -0.39 is 0 Å². The average molecular weight is 683 g/mol. The van der Waals surface area contributed by atoms with Crippen LogP contribution in [-0.4, -0.2) is 6.54 Å². The Morgan fingerprint density at radius 3 is 2.21 bits per heavy atom. The smallest absolute Gasteiger partial charge is 0.0991 e. The molecule has 1 unspecified atom stereocenters. The highest BCUT2D eigenvalue weighted by atomic mass is 15.1. The number of fused-ring (bicyclic) bond motifs is 1. The molecule has 7 rings (SSSR count). The summed E-state index contributed by atoms with van der Waals surface area (Å²) in [6.07, 6.45) is 16.1. The van der Waals surface area contributed by atoms with Crippen molar-refractivity contribution in [2.24, 2.45) is 0 Å². The second-order valence-corrected chi connectivity index (χ2v) is 13.2. The number of benzene rings is 6. The molecule has 0 radical (unpaired) electrons. The molecule has 0 N–H and O–H groups in total. The molecule has 0 spiro atoms. The van der Waals surface area contributed by atoms with E-state index in [9.17, 15) is 5.26 Å². The van der Waals surface area contributed by atoms with Crippen LogP contribution in [0, 0.1) is 11.3 Å².